The quantitative estimate of drug-likeness (QED) is 0.768. The molecule has 18 heavy (non-hydrogen) atoms. The lowest BCUT2D eigenvalue weighted by Gasteiger charge is -2.05. The van der Waals surface area contributed by atoms with Gasteiger partial charge in [-0.15, -0.1) is 0 Å². The number of ether oxygens (including phenoxy) is 2. The van der Waals surface area contributed by atoms with Crippen LogP contribution in [0.25, 0.3) is 11.3 Å². The zero-order chi connectivity index (χ0) is 12.8. The van der Waals surface area contributed by atoms with Gasteiger partial charge in [0.05, 0.1) is 19.4 Å². The Morgan fingerprint density at radius 3 is 2.89 bits per heavy atom. The van der Waals surface area contributed by atoms with Crippen LogP contribution in [0.1, 0.15) is 0 Å². The van der Waals surface area contributed by atoms with Crippen LogP contribution in [0.4, 0.5) is 5.82 Å². The van der Waals surface area contributed by atoms with Gasteiger partial charge in [0.2, 0.25) is 0 Å². The number of nitrogens with zero attached hydrogens (tertiary/aromatic N) is 1. The van der Waals surface area contributed by atoms with Gasteiger partial charge in [-0.2, -0.15) is 5.10 Å². The molecule has 0 spiro atoms. The van der Waals surface area contributed by atoms with Gasteiger partial charge in [-0.3, -0.25) is 5.10 Å². The molecule has 1 aromatic carbocycles. The zero-order valence-electron chi connectivity index (χ0n) is 10.6. The number of nitrogens with one attached hydrogen (secondary N) is 2. The summed E-state index contributed by atoms with van der Waals surface area (Å²) in [7, 11) is 3.33. The van der Waals surface area contributed by atoms with Crippen molar-refractivity contribution in [3.05, 3.63) is 30.3 Å². The number of aromatic nitrogens is 2. The van der Waals surface area contributed by atoms with Crippen LogP contribution in [-0.2, 0) is 4.74 Å². The van der Waals surface area contributed by atoms with Gasteiger partial charge in [-0.25, -0.2) is 0 Å². The number of hydrogen-bond donors (Lipinski definition) is 2. The fourth-order valence-corrected chi connectivity index (χ4v) is 1.70. The normalized spacial score (nSPS) is 10.3. The summed E-state index contributed by atoms with van der Waals surface area (Å²) in [4.78, 5) is 0. The van der Waals surface area contributed by atoms with E-state index in [1.807, 2.05) is 30.3 Å². The molecule has 0 radical (unpaired) electrons. The lowest BCUT2D eigenvalue weighted by atomic mass is 10.1. The van der Waals surface area contributed by atoms with Gasteiger partial charge in [0.1, 0.15) is 11.6 Å². The van der Waals surface area contributed by atoms with Gasteiger partial charge < -0.3 is 14.8 Å². The summed E-state index contributed by atoms with van der Waals surface area (Å²) in [5.41, 5.74) is 1.92. The third-order valence-corrected chi connectivity index (χ3v) is 2.59. The first kappa shape index (κ1) is 12.4. The Kier molecular flexibility index (Phi) is 4.20. The molecule has 0 aliphatic heterocycles. The maximum Gasteiger partial charge on any atom is 0.148 e. The number of para-hydroxylation sites is 1. The molecular weight excluding hydrogens is 230 g/mol. The Morgan fingerprint density at radius 2 is 2.11 bits per heavy atom. The molecule has 0 aliphatic rings. The lowest BCUT2D eigenvalue weighted by molar-refractivity contribution is 0.210. The van der Waals surface area contributed by atoms with Gasteiger partial charge in [0.25, 0.3) is 0 Å². The molecule has 2 aromatic rings. The Morgan fingerprint density at radius 1 is 1.28 bits per heavy atom. The Bertz CT molecular complexity index is 496. The highest BCUT2D eigenvalue weighted by Gasteiger charge is 2.07. The van der Waals surface area contributed by atoms with Crippen LogP contribution in [0.15, 0.2) is 30.3 Å². The van der Waals surface area contributed by atoms with E-state index in [1.54, 1.807) is 14.2 Å². The number of hydrogen-bond acceptors (Lipinski definition) is 4. The second-order valence-electron chi connectivity index (χ2n) is 3.79. The summed E-state index contributed by atoms with van der Waals surface area (Å²) < 4.78 is 10.3. The van der Waals surface area contributed by atoms with Gasteiger partial charge in [-0.05, 0) is 12.1 Å². The third-order valence-electron chi connectivity index (χ3n) is 2.59. The average Bonchev–Trinajstić information content (AvgIpc) is 2.88. The van der Waals surface area contributed by atoms with E-state index in [1.165, 1.54) is 0 Å². The van der Waals surface area contributed by atoms with Crippen molar-refractivity contribution >= 4 is 5.82 Å². The summed E-state index contributed by atoms with van der Waals surface area (Å²) in [5, 5.41) is 10.3. The molecule has 0 unspecified atom stereocenters. The van der Waals surface area contributed by atoms with Gasteiger partial charge in [-0.1, -0.05) is 12.1 Å². The van der Waals surface area contributed by atoms with Crippen molar-refractivity contribution in [3.8, 4) is 17.0 Å². The Hall–Kier alpha value is -2.01. The highest BCUT2D eigenvalue weighted by Crippen LogP contribution is 2.29. The van der Waals surface area contributed by atoms with Crippen molar-refractivity contribution in [2.24, 2.45) is 0 Å². The summed E-state index contributed by atoms with van der Waals surface area (Å²) in [6.07, 6.45) is 0. The molecule has 0 saturated carbocycles. The molecule has 2 rings (SSSR count). The number of anilines is 1. The van der Waals surface area contributed by atoms with Crippen molar-refractivity contribution in [2.75, 3.05) is 32.7 Å². The van der Waals surface area contributed by atoms with Crippen LogP contribution in [-0.4, -0.2) is 37.6 Å². The van der Waals surface area contributed by atoms with Crippen LogP contribution in [0.5, 0.6) is 5.75 Å². The van der Waals surface area contributed by atoms with Crippen LogP contribution in [0, 0.1) is 0 Å². The van der Waals surface area contributed by atoms with E-state index in [-0.39, 0.29) is 0 Å². The van der Waals surface area contributed by atoms with Gasteiger partial charge >= 0.3 is 0 Å². The minimum Gasteiger partial charge on any atom is -0.496 e. The molecule has 1 heterocycles. The maximum atomic E-state index is 5.32. The van der Waals surface area contributed by atoms with Crippen molar-refractivity contribution in [3.63, 3.8) is 0 Å². The molecular formula is C13H17N3O2. The monoisotopic (exact) mass is 247 g/mol. The second kappa shape index (κ2) is 6.07. The van der Waals surface area contributed by atoms with E-state index in [4.69, 9.17) is 9.47 Å². The summed E-state index contributed by atoms with van der Waals surface area (Å²) in [6, 6.07) is 9.78. The van der Waals surface area contributed by atoms with Crippen molar-refractivity contribution in [2.45, 2.75) is 0 Å². The van der Waals surface area contributed by atoms with Crippen molar-refractivity contribution in [1.29, 1.82) is 0 Å². The smallest absolute Gasteiger partial charge is 0.148 e. The highest BCUT2D eigenvalue weighted by atomic mass is 16.5. The molecule has 5 heteroatoms. The summed E-state index contributed by atoms with van der Waals surface area (Å²) >= 11 is 0. The van der Waals surface area contributed by atoms with E-state index in [2.05, 4.69) is 15.5 Å². The molecule has 5 nitrogen and oxygen atoms in total. The fraction of sp³-hybridized carbons (Fsp3) is 0.308. The minimum absolute atomic E-state index is 0.650. The van der Waals surface area contributed by atoms with E-state index >= 15 is 0 Å². The van der Waals surface area contributed by atoms with E-state index < -0.39 is 0 Å². The average molecular weight is 247 g/mol. The third kappa shape index (κ3) is 2.81. The van der Waals surface area contributed by atoms with E-state index in [9.17, 15) is 0 Å². The standard InChI is InChI=1S/C13H17N3O2/c1-17-8-7-14-13-9-11(15-16-13)10-5-3-4-6-12(10)18-2/h3-6,9H,7-8H2,1-2H3,(H2,14,15,16). The molecule has 2 N–H and O–H groups in total. The first-order valence-electron chi connectivity index (χ1n) is 5.76. The van der Waals surface area contributed by atoms with Gasteiger partial charge in [0.15, 0.2) is 0 Å². The fourth-order valence-electron chi connectivity index (χ4n) is 1.70. The molecule has 0 amide bonds. The minimum atomic E-state index is 0.650. The molecule has 96 valence electrons. The first-order valence-corrected chi connectivity index (χ1v) is 5.76. The number of H-pyrrole nitrogens is 1. The number of benzene rings is 1. The SMILES string of the molecule is COCCNc1cc(-c2ccccc2OC)[nH]n1. The predicted molar refractivity (Wildman–Crippen MR) is 70.9 cm³/mol. The lowest BCUT2D eigenvalue weighted by Crippen LogP contribution is -2.07. The largest absolute Gasteiger partial charge is 0.496 e. The van der Waals surface area contributed by atoms with Crippen molar-refractivity contribution < 1.29 is 9.47 Å². The van der Waals surface area contributed by atoms with Crippen molar-refractivity contribution in [1.82, 2.24) is 10.2 Å². The topological polar surface area (TPSA) is 59.2 Å². The molecule has 0 fully saturated rings. The molecule has 0 atom stereocenters. The summed E-state index contributed by atoms with van der Waals surface area (Å²) in [6.45, 7) is 1.38. The molecule has 1 aromatic heterocycles. The number of methoxy groups -OCH3 is 2. The van der Waals surface area contributed by atoms with E-state index in [0.717, 1.165) is 29.4 Å². The van der Waals surface area contributed by atoms with Crippen LogP contribution < -0.4 is 10.1 Å². The van der Waals surface area contributed by atoms with Gasteiger partial charge in [0, 0.05) is 25.3 Å². The first-order chi connectivity index (χ1) is 8.85. The molecule has 0 aliphatic carbocycles. The molecule has 0 saturated heterocycles. The van der Waals surface area contributed by atoms with E-state index in [0.29, 0.717) is 6.61 Å². The highest BCUT2D eigenvalue weighted by molar-refractivity contribution is 5.69. The Labute approximate surface area is 106 Å². The predicted octanol–water partition coefficient (Wildman–Crippen LogP) is 2.14. The van der Waals surface area contributed by atoms with Crippen LogP contribution in [0.3, 0.4) is 0 Å². The second-order valence-corrected chi connectivity index (χ2v) is 3.79. The maximum absolute atomic E-state index is 5.32. The number of rotatable bonds is 6. The Balaban J connectivity index is 2.13. The number of aromatic amines is 1. The summed E-state index contributed by atoms with van der Waals surface area (Å²) in [5.74, 6) is 1.62. The molecule has 0 bridgehead atoms. The van der Waals surface area contributed by atoms with Crippen LogP contribution >= 0.6 is 0 Å². The van der Waals surface area contributed by atoms with Crippen LogP contribution in [0.2, 0.25) is 0 Å². The zero-order valence-corrected chi connectivity index (χ0v) is 10.6.